The van der Waals surface area contributed by atoms with Gasteiger partial charge in [-0.2, -0.15) is 13.5 Å². The summed E-state index contributed by atoms with van der Waals surface area (Å²) < 4.78 is 37.3. The van der Waals surface area contributed by atoms with Crippen LogP contribution in [0.1, 0.15) is 24.1 Å². The third-order valence-corrected chi connectivity index (χ3v) is 7.14. The van der Waals surface area contributed by atoms with Gasteiger partial charge in [0, 0.05) is 0 Å². The Bertz CT molecular complexity index is 1310. The highest BCUT2D eigenvalue weighted by Gasteiger charge is 2.29. The Balaban J connectivity index is 1.61. The average Bonchev–Trinajstić information content (AvgIpc) is 3.28. The Labute approximate surface area is 190 Å². The van der Waals surface area contributed by atoms with Gasteiger partial charge in [0.05, 0.1) is 17.8 Å². The molecule has 0 spiro atoms. The summed E-state index contributed by atoms with van der Waals surface area (Å²) in [6.07, 6.45) is 0.207. The van der Waals surface area contributed by atoms with E-state index < -0.39 is 22.0 Å². The lowest BCUT2D eigenvalue weighted by molar-refractivity contribution is -0.123. The van der Waals surface area contributed by atoms with Gasteiger partial charge in [-0.25, -0.2) is 8.42 Å². The van der Waals surface area contributed by atoms with Gasteiger partial charge < -0.3 is 5.32 Å². The molecular weight excluding hydrogens is 444 g/mol. The van der Waals surface area contributed by atoms with Crippen LogP contribution in [0, 0.1) is 0 Å². The largest absolute Gasteiger partial charge is 0.348 e. The zero-order valence-corrected chi connectivity index (χ0v) is 18.9. The minimum absolute atomic E-state index is 0.00530. The first-order chi connectivity index (χ1) is 15.4. The topological polar surface area (TPSA) is 101 Å². The number of hydrogen-bond donors (Lipinski definition) is 2. The molecule has 0 aliphatic heterocycles. The summed E-state index contributed by atoms with van der Waals surface area (Å²) >= 11 is 0.945. The first-order valence-electron chi connectivity index (χ1n) is 10.1. The minimum Gasteiger partial charge on any atom is -0.348 e. The van der Waals surface area contributed by atoms with Gasteiger partial charge in [0.2, 0.25) is 15.9 Å². The summed E-state index contributed by atoms with van der Waals surface area (Å²) in [5, 5.41) is 2.93. The molecule has 0 saturated carbocycles. The van der Waals surface area contributed by atoms with Crippen LogP contribution in [-0.2, 0) is 21.2 Å². The SMILES string of the molecule is C[C@@H](NC(=O)[C@H](Cc1ccccc1)NS(=O)(=O)c1cccc2nsnc12)c1ccccc1. The summed E-state index contributed by atoms with van der Waals surface area (Å²) in [6.45, 7) is 1.86. The van der Waals surface area contributed by atoms with Crippen molar-refractivity contribution < 1.29 is 13.2 Å². The highest BCUT2D eigenvalue weighted by molar-refractivity contribution is 7.89. The lowest BCUT2D eigenvalue weighted by atomic mass is 10.0. The van der Waals surface area contributed by atoms with Crippen LogP contribution in [0.2, 0.25) is 0 Å². The van der Waals surface area contributed by atoms with Crippen LogP contribution in [0.15, 0.2) is 83.8 Å². The lowest BCUT2D eigenvalue weighted by Crippen LogP contribution is -2.48. The second kappa shape index (κ2) is 9.56. The number of fused-ring (bicyclic) bond motifs is 1. The fourth-order valence-corrected chi connectivity index (χ4v) is 5.39. The molecule has 0 aliphatic carbocycles. The highest BCUT2D eigenvalue weighted by atomic mass is 32.2. The van der Waals surface area contributed by atoms with Gasteiger partial charge in [0.1, 0.15) is 22.0 Å². The Morgan fingerprint density at radius 2 is 1.62 bits per heavy atom. The molecule has 32 heavy (non-hydrogen) atoms. The van der Waals surface area contributed by atoms with Crippen LogP contribution >= 0.6 is 11.7 Å². The lowest BCUT2D eigenvalue weighted by Gasteiger charge is -2.22. The normalized spacial score (nSPS) is 13.5. The number of sulfonamides is 1. The molecule has 0 bridgehead atoms. The second-order valence-corrected chi connectivity index (χ2v) is 9.60. The molecule has 0 unspecified atom stereocenters. The summed E-state index contributed by atoms with van der Waals surface area (Å²) in [6, 6.07) is 22.3. The maximum Gasteiger partial charge on any atom is 0.243 e. The Morgan fingerprint density at radius 3 is 2.34 bits per heavy atom. The zero-order chi connectivity index (χ0) is 22.6. The molecule has 2 N–H and O–H groups in total. The van der Waals surface area contributed by atoms with Gasteiger partial charge in [-0.15, -0.1) is 0 Å². The molecular formula is C23H22N4O3S2. The number of hydrogen-bond acceptors (Lipinski definition) is 6. The van der Waals surface area contributed by atoms with E-state index in [2.05, 4.69) is 18.8 Å². The number of carbonyl (C=O) groups is 1. The van der Waals surface area contributed by atoms with Gasteiger partial charge >= 0.3 is 0 Å². The van der Waals surface area contributed by atoms with E-state index in [9.17, 15) is 13.2 Å². The van der Waals surface area contributed by atoms with Crippen LogP contribution < -0.4 is 10.0 Å². The van der Waals surface area contributed by atoms with Gasteiger partial charge in [-0.05, 0) is 36.6 Å². The highest BCUT2D eigenvalue weighted by Crippen LogP contribution is 2.22. The van der Waals surface area contributed by atoms with E-state index in [1.807, 2.05) is 67.6 Å². The van der Waals surface area contributed by atoms with Crippen LogP contribution in [0.5, 0.6) is 0 Å². The summed E-state index contributed by atoms with van der Waals surface area (Å²) in [5.74, 6) is -0.405. The second-order valence-electron chi connectivity index (χ2n) is 7.39. The van der Waals surface area contributed by atoms with Crippen molar-refractivity contribution in [2.75, 3.05) is 0 Å². The van der Waals surface area contributed by atoms with E-state index in [4.69, 9.17) is 0 Å². The van der Waals surface area contributed by atoms with Crippen LogP contribution in [0.3, 0.4) is 0 Å². The number of benzene rings is 3. The molecule has 0 radical (unpaired) electrons. The van der Waals surface area contributed by atoms with Gasteiger partial charge in [0.25, 0.3) is 0 Å². The molecule has 4 aromatic rings. The van der Waals surface area contributed by atoms with Crippen LogP contribution in [-0.4, -0.2) is 29.1 Å². The zero-order valence-electron chi connectivity index (χ0n) is 17.3. The standard InChI is InChI=1S/C23H22N4O3S2/c1-16(18-11-6-3-7-12-18)24-23(28)20(15-17-9-4-2-5-10-17)27-32(29,30)21-14-8-13-19-22(21)26-31-25-19/h2-14,16,20,27H,15H2,1H3,(H,24,28)/t16-,20+/m1/s1. The fraction of sp³-hybridized carbons (Fsp3) is 0.174. The first-order valence-corrected chi connectivity index (χ1v) is 12.3. The van der Waals surface area contributed by atoms with Gasteiger partial charge in [-0.1, -0.05) is 66.7 Å². The molecule has 1 aromatic heterocycles. The minimum atomic E-state index is -4.03. The molecule has 4 rings (SSSR count). The van der Waals surface area contributed by atoms with Crippen molar-refractivity contribution in [3.05, 3.63) is 90.0 Å². The molecule has 9 heteroatoms. The summed E-state index contributed by atoms with van der Waals surface area (Å²) in [7, 11) is -4.03. The van der Waals surface area contributed by atoms with Crippen molar-refractivity contribution in [2.45, 2.75) is 30.3 Å². The van der Waals surface area contributed by atoms with E-state index in [1.54, 1.807) is 12.1 Å². The van der Waals surface area contributed by atoms with Gasteiger partial charge in [-0.3, -0.25) is 4.79 Å². The van der Waals surface area contributed by atoms with Crippen molar-refractivity contribution in [3.63, 3.8) is 0 Å². The number of carbonyl (C=O) groups excluding carboxylic acids is 1. The number of amides is 1. The molecule has 164 valence electrons. The Morgan fingerprint density at radius 1 is 0.938 bits per heavy atom. The molecule has 7 nitrogen and oxygen atoms in total. The number of rotatable bonds is 8. The molecule has 1 heterocycles. The van der Waals surface area contributed by atoms with Crippen molar-refractivity contribution >= 4 is 38.7 Å². The third-order valence-electron chi connectivity index (χ3n) is 5.09. The Kier molecular flexibility index (Phi) is 6.59. The van der Waals surface area contributed by atoms with Crippen molar-refractivity contribution in [2.24, 2.45) is 0 Å². The van der Waals surface area contributed by atoms with E-state index >= 15 is 0 Å². The molecule has 1 amide bonds. The van der Waals surface area contributed by atoms with E-state index in [1.165, 1.54) is 6.07 Å². The monoisotopic (exact) mass is 466 g/mol. The van der Waals surface area contributed by atoms with E-state index in [-0.39, 0.29) is 17.4 Å². The smallest absolute Gasteiger partial charge is 0.243 e. The van der Waals surface area contributed by atoms with E-state index in [0.29, 0.717) is 11.0 Å². The predicted octanol–water partition coefficient (Wildman–Crippen LogP) is 3.46. The third kappa shape index (κ3) is 5.01. The molecule has 3 aromatic carbocycles. The maximum atomic E-state index is 13.3. The maximum absolute atomic E-state index is 13.3. The van der Waals surface area contributed by atoms with Crippen molar-refractivity contribution in [1.29, 1.82) is 0 Å². The predicted molar refractivity (Wildman–Crippen MR) is 125 cm³/mol. The molecule has 0 saturated heterocycles. The fourth-order valence-electron chi connectivity index (χ4n) is 3.43. The number of nitrogens with one attached hydrogen (secondary N) is 2. The van der Waals surface area contributed by atoms with Gasteiger partial charge in [0.15, 0.2) is 0 Å². The molecule has 0 aliphatic rings. The quantitative estimate of drug-likeness (QED) is 0.414. The average molecular weight is 467 g/mol. The van der Waals surface area contributed by atoms with Crippen molar-refractivity contribution in [3.8, 4) is 0 Å². The molecule has 0 fully saturated rings. The van der Waals surface area contributed by atoms with E-state index in [0.717, 1.165) is 22.9 Å². The number of nitrogens with zero attached hydrogens (tertiary/aromatic N) is 2. The Hall–Kier alpha value is -3.14. The van der Waals surface area contributed by atoms with Crippen LogP contribution in [0.25, 0.3) is 11.0 Å². The van der Waals surface area contributed by atoms with Crippen molar-refractivity contribution in [1.82, 2.24) is 18.8 Å². The summed E-state index contributed by atoms with van der Waals surface area (Å²) in [4.78, 5) is 13.2. The first kappa shape index (κ1) is 22.1. The number of aromatic nitrogens is 2. The molecule has 2 atom stereocenters. The summed E-state index contributed by atoms with van der Waals surface area (Å²) in [5.41, 5.74) is 2.57. The van der Waals surface area contributed by atoms with Crippen LogP contribution in [0.4, 0.5) is 0 Å².